The van der Waals surface area contributed by atoms with E-state index in [0.717, 1.165) is 17.2 Å². The minimum Gasteiger partial charge on any atom is -0.468 e. The van der Waals surface area contributed by atoms with Crippen LogP contribution in [0.5, 0.6) is 5.88 Å². The molecule has 0 aliphatic rings. The lowest BCUT2D eigenvalue weighted by Gasteiger charge is -2.08. The van der Waals surface area contributed by atoms with Gasteiger partial charge in [-0.3, -0.25) is 4.79 Å². The van der Waals surface area contributed by atoms with E-state index in [9.17, 15) is 18.0 Å². The third-order valence-electron chi connectivity index (χ3n) is 3.24. The molecule has 3 aromatic rings. The number of H-pyrrole nitrogens is 1. The summed E-state index contributed by atoms with van der Waals surface area (Å²) in [5, 5.41) is 2.66. The van der Waals surface area contributed by atoms with Crippen LogP contribution in [-0.4, -0.2) is 33.6 Å². The van der Waals surface area contributed by atoms with Crippen molar-refractivity contribution in [3.63, 3.8) is 0 Å². The van der Waals surface area contributed by atoms with Crippen LogP contribution in [-0.2, 0) is 6.54 Å². The molecule has 0 aliphatic carbocycles. The van der Waals surface area contributed by atoms with Crippen molar-refractivity contribution in [1.82, 2.24) is 20.3 Å². The Morgan fingerprint density at radius 2 is 2.00 bits per heavy atom. The van der Waals surface area contributed by atoms with Crippen LogP contribution in [0, 0.1) is 0 Å². The molecule has 2 heterocycles. The van der Waals surface area contributed by atoms with Crippen LogP contribution in [0.2, 0.25) is 0 Å². The maximum Gasteiger partial charge on any atom is 0.422 e. The van der Waals surface area contributed by atoms with Crippen LogP contribution in [0.15, 0.2) is 42.6 Å². The highest BCUT2D eigenvalue weighted by molar-refractivity contribution is 5.93. The molecule has 130 valence electrons. The molecule has 1 amide bonds. The Morgan fingerprint density at radius 3 is 2.68 bits per heavy atom. The number of hydrogen-bond donors (Lipinski definition) is 2. The van der Waals surface area contributed by atoms with Gasteiger partial charge < -0.3 is 15.0 Å². The lowest BCUT2D eigenvalue weighted by Crippen LogP contribution is -2.23. The fourth-order valence-electron chi connectivity index (χ4n) is 2.11. The number of nitrogens with one attached hydrogen (secondary N) is 2. The van der Waals surface area contributed by atoms with Crippen LogP contribution >= 0.6 is 0 Å². The summed E-state index contributed by atoms with van der Waals surface area (Å²) in [5.41, 5.74) is 1.86. The smallest absolute Gasteiger partial charge is 0.422 e. The molecule has 1 aromatic carbocycles. The second-order valence-corrected chi connectivity index (χ2v) is 5.17. The molecule has 2 aromatic heterocycles. The fraction of sp³-hybridized carbons (Fsp3) is 0.188. The van der Waals surface area contributed by atoms with Gasteiger partial charge in [0.05, 0.1) is 23.1 Å². The van der Waals surface area contributed by atoms with Crippen LogP contribution < -0.4 is 10.1 Å². The van der Waals surface area contributed by atoms with Gasteiger partial charge in [0.25, 0.3) is 5.91 Å². The minimum atomic E-state index is -4.44. The molecular weight excluding hydrogens is 337 g/mol. The summed E-state index contributed by atoms with van der Waals surface area (Å²) in [6, 6.07) is 10.0. The van der Waals surface area contributed by atoms with Gasteiger partial charge in [0.15, 0.2) is 6.61 Å². The molecule has 0 bridgehead atoms. The first-order chi connectivity index (χ1) is 11.9. The fourth-order valence-corrected chi connectivity index (χ4v) is 2.11. The molecule has 25 heavy (non-hydrogen) atoms. The average molecular weight is 350 g/mol. The summed E-state index contributed by atoms with van der Waals surface area (Å²) in [6.07, 6.45) is -3.29. The Labute approximate surface area is 140 Å². The molecule has 0 saturated heterocycles. The van der Waals surface area contributed by atoms with Gasteiger partial charge >= 0.3 is 6.18 Å². The number of pyridine rings is 1. The average Bonchev–Trinajstić information content (AvgIpc) is 3.00. The van der Waals surface area contributed by atoms with Crippen molar-refractivity contribution in [2.24, 2.45) is 0 Å². The minimum absolute atomic E-state index is 0.180. The van der Waals surface area contributed by atoms with E-state index in [2.05, 4.69) is 25.0 Å². The van der Waals surface area contributed by atoms with Gasteiger partial charge in [0.1, 0.15) is 5.82 Å². The van der Waals surface area contributed by atoms with Crippen molar-refractivity contribution >= 4 is 16.9 Å². The Bertz CT molecular complexity index is 842. The number of halogens is 3. The highest BCUT2D eigenvalue weighted by Crippen LogP contribution is 2.17. The lowest BCUT2D eigenvalue weighted by atomic mass is 10.2. The van der Waals surface area contributed by atoms with Gasteiger partial charge in [0, 0.05) is 12.3 Å². The normalized spacial score (nSPS) is 11.5. The van der Waals surface area contributed by atoms with Crippen molar-refractivity contribution < 1.29 is 22.7 Å². The highest BCUT2D eigenvalue weighted by atomic mass is 19.4. The number of imidazole rings is 1. The monoisotopic (exact) mass is 350 g/mol. The maximum absolute atomic E-state index is 12.1. The van der Waals surface area contributed by atoms with Crippen LogP contribution in [0.25, 0.3) is 11.0 Å². The first-order valence-electron chi connectivity index (χ1n) is 7.28. The molecule has 0 aliphatic heterocycles. The zero-order chi connectivity index (χ0) is 17.9. The topological polar surface area (TPSA) is 79.9 Å². The predicted octanol–water partition coefficient (Wildman–Crippen LogP) is 2.83. The quantitative estimate of drug-likeness (QED) is 0.742. The van der Waals surface area contributed by atoms with Gasteiger partial charge in [-0.1, -0.05) is 12.1 Å². The van der Waals surface area contributed by atoms with E-state index in [1.807, 2.05) is 24.3 Å². The van der Waals surface area contributed by atoms with E-state index in [0.29, 0.717) is 5.82 Å². The molecule has 6 nitrogen and oxygen atoms in total. The number of hydrogen-bond acceptors (Lipinski definition) is 4. The first kappa shape index (κ1) is 16.7. The number of carbonyl (C=O) groups excluding carboxylic acids is 1. The van der Waals surface area contributed by atoms with Crippen molar-refractivity contribution in [1.29, 1.82) is 0 Å². The van der Waals surface area contributed by atoms with E-state index in [-0.39, 0.29) is 18.0 Å². The molecule has 0 fully saturated rings. The van der Waals surface area contributed by atoms with Crippen molar-refractivity contribution in [2.45, 2.75) is 12.7 Å². The van der Waals surface area contributed by atoms with Crippen molar-refractivity contribution in [3.05, 3.63) is 54.0 Å². The SMILES string of the molecule is O=C(NCc1nc2ccccc2[nH]1)c1ccc(OCC(F)(F)F)nc1. The molecule has 0 spiro atoms. The number of rotatable bonds is 5. The molecule has 0 radical (unpaired) electrons. The number of ether oxygens (including phenoxy) is 1. The summed E-state index contributed by atoms with van der Waals surface area (Å²) in [7, 11) is 0. The zero-order valence-electron chi connectivity index (χ0n) is 12.8. The van der Waals surface area contributed by atoms with E-state index in [4.69, 9.17) is 0 Å². The number of nitrogens with zero attached hydrogens (tertiary/aromatic N) is 2. The highest BCUT2D eigenvalue weighted by Gasteiger charge is 2.28. The Balaban J connectivity index is 1.57. The third-order valence-corrected chi connectivity index (χ3v) is 3.24. The van der Waals surface area contributed by atoms with E-state index in [1.54, 1.807) is 0 Å². The lowest BCUT2D eigenvalue weighted by molar-refractivity contribution is -0.154. The van der Waals surface area contributed by atoms with Gasteiger partial charge in [0.2, 0.25) is 5.88 Å². The maximum atomic E-state index is 12.1. The predicted molar refractivity (Wildman–Crippen MR) is 83.1 cm³/mol. The number of para-hydroxylation sites is 2. The van der Waals surface area contributed by atoms with Gasteiger partial charge in [-0.2, -0.15) is 13.2 Å². The largest absolute Gasteiger partial charge is 0.468 e. The molecule has 0 atom stereocenters. The Hall–Kier alpha value is -3.10. The number of aromatic amines is 1. The van der Waals surface area contributed by atoms with Crippen molar-refractivity contribution in [3.8, 4) is 5.88 Å². The molecule has 2 N–H and O–H groups in total. The van der Waals surface area contributed by atoms with Crippen LogP contribution in [0.3, 0.4) is 0 Å². The number of alkyl halides is 3. The second-order valence-electron chi connectivity index (χ2n) is 5.17. The molecule has 0 saturated carbocycles. The first-order valence-corrected chi connectivity index (χ1v) is 7.28. The number of fused-ring (bicyclic) bond motifs is 1. The van der Waals surface area contributed by atoms with Crippen LogP contribution in [0.4, 0.5) is 13.2 Å². The molecular formula is C16H13F3N4O2. The molecule has 3 rings (SSSR count). The summed E-state index contributed by atoms with van der Waals surface area (Å²) >= 11 is 0. The Morgan fingerprint density at radius 1 is 1.20 bits per heavy atom. The van der Waals surface area contributed by atoms with Gasteiger partial charge in [-0.05, 0) is 18.2 Å². The summed E-state index contributed by atoms with van der Waals surface area (Å²) in [4.78, 5) is 23.1. The van der Waals surface area contributed by atoms with E-state index in [1.165, 1.54) is 12.1 Å². The number of amides is 1. The second kappa shape index (κ2) is 6.80. The van der Waals surface area contributed by atoms with E-state index >= 15 is 0 Å². The summed E-state index contributed by atoms with van der Waals surface area (Å²) in [6.45, 7) is -1.25. The van der Waals surface area contributed by atoms with Crippen LogP contribution in [0.1, 0.15) is 16.2 Å². The molecule has 9 heteroatoms. The number of benzene rings is 1. The third kappa shape index (κ3) is 4.46. The summed E-state index contributed by atoms with van der Waals surface area (Å²) in [5.74, 6) is -0.0332. The van der Waals surface area contributed by atoms with Gasteiger partial charge in [-0.15, -0.1) is 0 Å². The van der Waals surface area contributed by atoms with Crippen molar-refractivity contribution in [2.75, 3.05) is 6.61 Å². The Kier molecular flexibility index (Phi) is 4.55. The number of carbonyl (C=O) groups is 1. The van der Waals surface area contributed by atoms with Gasteiger partial charge in [-0.25, -0.2) is 9.97 Å². The standard InChI is InChI=1S/C16H13F3N4O2/c17-16(18,19)9-25-14-6-5-10(7-20-14)15(24)21-8-13-22-11-3-1-2-4-12(11)23-13/h1-7H,8-9H2,(H,21,24)(H,22,23). The summed E-state index contributed by atoms with van der Waals surface area (Å²) < 4.78 is 40.7. The van der Waals surface area contributed by atoms with E-state index < -0.39 is 18.7 Å². The zero-order valence-corrected chi connectivity index (χ0v) is 12.8. The number of aromatic nitrogens is 3. The molecule has 0 unspecified atom stereocenters.